The summed E-state index contributed by atoms with van der Waals surface area (Å²) in [5.41, 5.74) is 6.12. The van der Waals surface area contributed by atoms with Crippen molar-refractivity contribution in [2.24, 2.45) is 5.73 Å². The normalized spacial score (nSPS) is 11.4. The first-order valence-electron chi connectivity index (χ1n) is 7.62. The fourth-order valence-electron chi connectivity index (χ4n) is 2.40. The van der Waals surface area contributed by atoms with Gasteiger partial charge in [-0.1, -0.05) is 12.1 Å². The molecule has 158 valence electrons. The van der Waals surface area contributed by atoms with E-state index >= 15 is 0 Å². The predicted molar refractivity (Wildman–Crippen MR) is 115 cm³/mol. The Morgan fingerprint density at radius 1 is 1.00 bits per heavy atom. The molecule has 3 aromatic rings. The van der Waals surface area contributed by atoms with Crippen molar-refractivity contribution in [1.29, 1.82) is 0 Å². The summed E-state index contributed by atoms with van der Waals surface area (Å²) in [6.45, 7) is 0.0953. The molecule has 0 aliphatic carbocycles. The summed E-state index contributed by atoms with van der Waals surface area (Å²) in [5.74, 6) is -0.517. The van der Waals surface area contributed by atoms with E-state index < -0.39 is 25.5 Å². The fourth-order valence-corrected chi connectivity index (χ4v) is 5.69. The Morgan fingerprint density at radius 3 is 2.21 bits per heavy atom. The van der Waals surface area contributed by atoms with Crippen molar-refractivity contribution < 1.29 is 21.2 Å². The Balaban J connectivity index is 0.00000210. The quantitative estimate of drug-likeness (QED) is 0.576. The first kappa shape index (κ1) is 25.5. The van der Waals surface area contributed by atoms with Gasteiger partial charge < -0.3 is 5.73 Å². The molecule has 1 heterocycles. The minimum Gasteiger partial charge on any atom is -0.325 e. The molecule has 0 bridgehead atoms. The third-order valence-corrected chi connectivity index (χ3v) is 8.05. The van der Waals surface area contributed by atoms with Gasteiger partial charge >= 0.3 is 0 Å². The molecule has 6 nitrogen and oxygen atoms in total. The van der Waals surface area contributed by atoms with Crippen LogP contribution in [-0.2, 0) is 26.2 Å². The maximum Gasteiger partial charge on any atom is 0.217 e. The van der Waals surface area contributed by atoms with Gasteiger partial charge in [-0.2, -0.15) is 0 Å². The lowest BCUT2D eigenvalue weighted by molar-refractivity contribution is 0.597. The molecule has 3 rings (SSSR count). The number of halogens is 3. The molecule has 0 spiro atoms. The zero-order chi connectivity index (χ0) is 19.8. The van der Waals surface area contributed by atoms with Crippen molar-refractivity contribution in [2.75, 3.05) is 6.26 Å². The van der Waals surface area contributed by atoms with E-state index in [0.717, 1.165) is 23.7 Å². The highest BCUT2D eigenvalue weighted by Crippen LogP contribution is 2.32. The minimum atomic E-state index is -4.01. The van der Waals surface area contributed by atoms with E-state index in [-0.39, 0.29) is 50.9 Å². The molecule has 12 heteroatoms. The van der Waals surface area contributed by atoms with Crippen LogP contribution in [0.4, 0.5) is 4.39 Å². The summed E-state index contributed by atoms with van der Waals surface area (Å²) in [5, 5.41) is 0.443. The monoisotopic (exact) mass is 498 g/mol. The van der Waals surface area contributed by atoms with Gasteiger partial charge in [0.05, 0.1) is 16.0 Å². The van der Waals surface area contributed by atoms with Gasteiger partial charge in [-0.25, -0.2) is 26.2 Å². The van der Waals surface area contributed by atoms with E-state index in [1.54, 1.807) is 6.07 Å². The second-order valence-electron chi connectivity index (χ2n) is 5.76. The van der Waals surface area contributed by atoms with E-state index in [0.29, 0.717) is 10.6 Å². The van der Waals surface area contributed by atoms with Gasteiger partial charge in [0.2, 0.25) is 9.84 Å². The van der Waals surface area contributed by atoms with E-state index in [2.05, 4.69) is 4.98 Å². The third-order valence-electron chi connectivity index (χ3n) is 3.75. The molecular formula is C17H17Cl2FN2O4S3. The van der Waals surface area contributed by atoms with Crippen LogP contribution < -0.4 is 5.73 Å². The number of nitrogens with zero attached hydrogens (tertiary/aromatic N) is 1. The first-order valence-corrected chi connectivity index (χ1v) is 11.8. The van der Waals surface area contributed by atoms with E-state index in [4.69, 9.17) is 5.73 Å². The number of hydrogen-bond acceptors (Lipinski definition) is 7. The Kier molecular flexibility index (Phi) is 8.35. The maximum absolute atomic E-state index is 13.6. The zero-order valence-corrected chi connectivity index (χ0v) is 19.0. The Labute approximate surface area is 184 Å². The molecule has 0 aliphatic rings. The molecule has 0 fully saturated rings. The summed E-state index contributed by atoms with van der Waals surface area (Å²) < 4.78 is 63.5. The molecule has 0 radical (unpaired) electrons. The average molecular weight is 499 g/mol. The van der Waals surface area contributed by atoms with Gasteiger partial charge in [0.15, 0.2) is 9.84 Å². The number of hydrogen-bond donors (Lipinski definition) is 1. The summed E-state index contributed by atoms with van der Waals surface area (Å²) in [4.78, 5) is 3.55. The molecule has 0 saturated heterocycles. The molecule has 2 N–H and O–H groups in total. The van der Waals surface area contributed by atoms with Crippen LogP contribution in [0.3, 0.4) is 0 Å². The molecule has 1 aromatic heterocycles. The van der Waals surface area contributed by atoms with Gasteiger partial charge in [-0.3, -0.25) is 0 Å². The number of rotatable bonds is 5. The standard InChI is InChI=1S/C17H15FN2O4S3.2ClH/c1-26(21,22)14-6-12(11-3-2-4-13(18)5-11)7-15(8-14)27(23,24)17-10-20-16(9-19)25-17;;/h2-8,10H,9,19H2,1H3;2*1H. The minimum absolute atomic E-state index is 0. The average Bonchev–Trinajstić information content (AvgIpc) is 3.10. The smallest absolute Gasteiger partial charge is 0.217 e. The molecule has 0 aliphatic heterocycles. The Hall–Kier alpha value is -1.56. The van der Waals surface area contributed by atoms with Gasteiger partial charge in [0.1, 0.15) is 15.0 Å². The lowest BCUT2D eigenvalue weighted by Gasteiger charge is -2.09. The van der Waals surface area contributed by atoms with Crippen LogP contribution in [0.5, 0.6) is 0 Å². The molecule has 0 unspecified atom stereocenters. The summed E-state index contributed by atoms with van der Waals surface area (Å²) >= 11 is 0.919. The van der Waals surface area contributed by atoms with Crippen LogP contribution in [0, 0.1) is 5.82 Å². The summed E-state index contributed by atoms with van der Waals surface area (Å²) in [7, 11) is -7.71. The SMILES string of the molecule is CS(=O)(=O)c1cc(-c2cccc(F)c2)cc(S(=O)(=O)c2cnc(CN)s2)c1.Cl.Cl. The highest BCUT2D eigenvalue weighted by molar-refractivity contribution is 7.93. The fraction of sp³-hybridized carbons (Fsp3) is 0.118. The maximum atomic E-state index is 13.6. The van der Waals surface area contributed by atoms with Crippen LogP contribution in [-0.4, -0.2) is 28.1 Å². The van der Waals surface area contributed by atoms with Gasteiger partial charge in [0, 0.05) is 12.8 Å². The number of sulfone groups is 2. The molecule has 0 atom stereocenters. The van der Waals surface area contributed by atoms with Gasteiger partial charge in [-0.15, -0.1) is 36.2 Å². The predicted octanol–water partition coefficient (Wildman–Crippen LogP) is 3.49. The van der Waals surface area contributed by atoms with Crippen molar-refractivity contribution >= 4 is 55.8 Å². The van der Waals surface area contributed by atoms with Crippen LogP contribution >= 0.6 is 36.2 Å². The molecule has 0 saturated carbocycles. The van der Waals surface area contributed by atoms with Crippen molar-refractivity contribution in [3.8, 4) is 11.1 Å². The van der Waals surface area contributed by atoms with Crippen LogP contribution in [0.25, 0.3) is 11.1 Å². The van der Waals surface area contributed by atoms with Crippen molar-refractivity contribution in [3.63, 3.8) is 0 Å². The van der Waals surface area contributed by atoms with Crippen LogP contribution in [0.15, 0.2) is 62.7 Å². The second kappa shape index (κ2) is 9.50. The van der Waals surface area contributed by atoms with Gasteiger partial charge in [-0.05, 0) is 41.5 Å². The van der Waals surface area contributed by atoms with Crippen molar-refractivity contribution in [1.82, 2.24) is 4.98 Å². The number of aromatic nitrogens is 1. The molecule has 0 amide bonds. The highest BCUT2D eigenvalue weighted by Gasteiger charge is 2.24. The van der Waals surface area contributed by atoms with E-state index in [9.17, 15) is 21.2 Å². The van der Waals surface area contributed by atoms with E-state index in [1.165, 1.54) is 36.5 Å². The molecule has 29 heavy (non-hydrogen) atoms. The van der Waals surface area contributed by atoms with Crippen LogP contribution in [0.1, 0.15) is 5.01 Å². The molecular weight excluding hydrogens is 482 g/mol. The Morgan fingerprint density at radius 2 is 1.66 bits per heavy atom. The number of benzene rings is 2. The summed E-state index contributed by atoms with van der Waals surface area (Å²) in [6.07, 6.45) is 2.17. The molecule has 2 aromatic carbocycles. The van der Waals surface area contributed by atoms with Crippen molar-refractivity contribution in [3.05, 3.63) is 59.5 Å². The number of nitrogens with two attached hydrogens (primary N) is 1. The largest absolute Gasteiger partial charge is 0.325 e. The third kappa shape index (κ3) is 5.53. The summed E-state index contributed by atoms with van der Waals surface area (Å²) in [6, 6.07) is 9.21. The second-order valence-corrected chi connectivity index (χ2v) is 11.1. The van der Waals surface area contributed by atoms with Gasteiger partial charge in [0.25, 0.3) is 0 Å². The van der Waals surface area contributed by atoms with Crippen molar-refractivity contribution in [2.45, 2.75) is 20.5 Å². The lowest BCUT2D eigenvalue weighted by atomic mass is 10.1. The lowest BCUT2D eigenvalue weighted by Crippen LogP contribution is -2.04. The van der Waals surface area contributed by atoms with E-state index in [1.807, 2.05) is 0 Å². The number of thiazole rings is 1. The topological polar surface area (TPSA) is 107 Å². The zero-order valence-electron chi connectivity index (χ0n) is 14.9. The van der Waals surface area contributed by atoms with Crippen LogP contribution in [0.2, 0.25) is 0 Å². The Bertz CT molecular complexity index is 1230. The highest BCUT2D eigenvalue weighted by atomic mass is 35.5. The first-order chi connectivity index (χ1) is 12.6.